The van der Waals surface area contributed by atoms with Crippen molar-refractivity contribution in [2.24, 2.45) is 0 Å². The molecule has 1 fully saturated rings. The number of fused-ring (bicyclic) bond motifs is 5. The van der Waals surface area contributed by atoms with Crippen LogP contribution >= 0.6 is 0 Å². The Kier molecular flexibility index (Phi) is 2.05. The first-order valence-electron chi connectivity index (χ1n) is 13.0. The largest absolute Gasteiger partial charge is 0.454 e. The summed E-state index contributed by atoms with van der Waals surface area (Å²) in [5.41, 5.74) is 1.04. The number of nitrogens with one attached hydrogen (secondary N) is 1. The van der Waals surface area contributed by atoms with E-state index in [1.54, 1.807) is 18.2 Å². The maximum Gasteiger partial charge on any atom is 0.245 e. The number of aromatic amines is 1. The van der Waals surface area contributed by atoms with E-state index in [9.17, 15) is 11.0 Å². The molecule has 1 unspecified atom stereocenters. The highest BCUT2D eigenvalue weighted by atomic mass is 16.7. The lowest BCUT2D eigenvalue weighted by atomic mass is 9.86. The molecule has 0 bridgehead atoms. The molecule has 146 valence electrons. The minimum atomic E-state index is -2.95. The van der Waals surface area contributed by atoms with Crippen molar-refractivity contribution in [3.8, 4) is 11.5 Å². The third-order valence-electron chi connectivity index (χ3n) is 5.51. The van der Waals surface area contributed by atoms with Crippen molar-refractivity contribution in [3.05, 3.63) is 59.2 Å². The first kappa shape index (κ1) is 10.3. The number of ether oxygens (including phenoxy) is 2. The van der Waals surface area contributed by atoms with Crippen LogP contribution in [0, 0.1) is 0 Å². The average Bonchev–Trinajstić information content (AvgIpc) is 3.46. The van der Waals surface area contributed by atoms with E-state index in [0.717, 1.165) is 4.90 Å². The molecule has 2 aromatic carbocycles. The summed E-state index contributed by atoms with van der Waals surface area (Å²) >= 11 is 0. The van der Waals surface area contributed by atoms with Crippen molar-refractivity contribution in [3.63, 3.8) is 0 Å². The number of hydrogen-bond donors (Lipinski definition) is 1. The Morgan fingerprint density at radius 1 is 1.24 bits per heavy atom. The molecule has 1 aromatic heterocycles. The van der Waals surface area contributed by atoms with Gasteiger partial charge in [0.25, 0.3) is 0 Å². The Labute approximate surface area is 178 Å². The van der Waals surface area contributed by atoms with Gasteiger partial charge in [-0.05, 0) is 29.3 Å². The van der Waals surface area contributed by atoms with Gasteiger partial charge in [-0.3, -0.25) is 9.59 Å². The molecule has 4 heterocycles. The summed E-state index contributed by atoms with van der Waals surface area (Å²) in [6.45, 7) is -3.72. The van der Waals surface area contributed by atoms with Crippen molar-refractivity contribution in [2.45, 2.75) is 18.5 Å². The maximum absolute atomic E-state index is 13.6. The van der Waals surface area contributed by atoms with Crippen LogP contribution in [0.4, 0.5) is 0 Å². The molecule has 0 spiro atoms. The summed E-state index contributed by atoms with van der Waals surface area (Å²) in [6, 6.07) is -0.319. The van der Waals surface area contributed by atoms with E-state index in [4.69, 9.17) is 19.1 Å². The van der Waals surface area contributed by atoms with Gasteiger partial charge in [0.15, 0.2) is 11.5 Å². The Morgan fingerprint density at radius 3 is 3.00 bits per heavy atom. The van der Waals surface area contributed by atoms with E-state index in [2.05, 4.69) is 4.98 Å². The predicted molar refractivity (Wildman–Crippen MR) is 105 cm³/mol. The van der Waals surface area contributed by atoms with Crippen LogP contribution in [0.25, 0.3) is 10.9 Å². The molecule has 1 N–H and O–H groups in total. The average molecular weight is 397 g/mol. The van der Waals surface area contributed by atoms with Gasteiger partial charge < -0.3 is 24.3 Å². The number of amides is 2. The molecular formula is C22H19N3O4. The van der Waals surface area contributed by atoms with E-state index >= 15 is 0 Å². The second kappa shape index (κ2) is 5.76. The molecule has 0 saturated carbocycles. The van der Waals surface area contributed by atoms with Gasteiger partial charge in [0.2, 0.25) is 18.6 Å². The fraction of sp³-hybridized carbons (Fsp3) is 0.273. The smallest absolute Gasteiger partial charge is 0.245 e. The van der Waals surface area contributed by atoms with E-state index in [0.29, 0.717) is 27.7 Å². The molecule has 3 aromatic rings. The minimum Gasteiger partial charge on any atom is -0.454 e. The summed E-state index contributed by atoms with van der Waals surface area (Å²) in [6.07, 6.45) is -0.470. The second-order valence-electron chi connectivity index (χ2n) is 7.06. The molecule has 3 aliphatic rings. The Balaban J connectivity index is 1.66. The standard InChI is InChI=1S/C22H19N3O4/c1-24-10-19(26)25-16(22(24)27)9-14-13-4-2-3-5-15(13)23-20(14)21(25)12-6-7-17-18(8-12)29-11-28-17/h2-8,16,21,23H,9-11H2,1H3/t16-,21?/m1/s1/i1D3,2D,3D,4D,5D,16D. The number of H-pyrrole nitrogens is 1. The number of nitrogens with zero attached hydrogens (tertiary/aromatic N) is 2. The van der Waals surface area contributed by atoms with E-state index in [-0.39, 0.29) is 35.3 Å². The second-order valence-corrected chi connectivity index (χ2v) is 7.06. The number of piperazine rings is 1. The van der Waals surface area contributed by atoms with Gasteiger partial charge in [0.05, 0.1) is 19.4 Å². The van der Waals surface area contributed by atoms with Crippen molar-refractivity contribution < 1.29 is 30.0 Å². The van der Waals surface area contributed by atoms with Crippen LogP contribution in [0.2, 0.25) is 0 Å². The van der Waals surface area contributed by atoms with Crippen LogP contribution in [0.3, 0.4) is 0 Å². The van der Waals surface area contributed by atoms with Crippen LogP contribution in [0.5, 0.6) is 11.5 Å². The fourth-order valence-electron chi connectivity index (χ4n) is 4.24. The van der Waals surface area contributed by atoms with Gasteiger partial charge in [-0.2, -0.15) is 0 Å². The van der Waals surface area contributed by atoms with Crippen molar-refractivity contribution in [2.75, 3.05) is 20.3 Å². The van der Waals surface area contributed by atoms with E-state index < -0.39 is 55.9 Å². The molecule has 0 aliphatic carbocycles. The molecule has 2 atom stereocenters. The number of carbonyl (C=O) groups excluding carboxylic acids is 2. The first-order valence-corrected chi connectivity index (χ1v) is 8.99. The predicted octanol–water partition coefficient (Wildman–Crippen LogP) is 2.21. The topological polar surface area (TPSA) is 74.9 Å². The fourth-order valence-corrected chi connectivity index (χ4v) is 4.24. The SMILES string of the molecule is [2H]c1c([2H])c([2H])c2c3c([nH]c2c1[2H])C(c1ccc2c(c1)OCO2)N1C(=O)CN(C([2H])([2H])[2H])C(=O)[C@@]1([2H])C3. The van der Waals surface area contributed by atoms with Crippen LogP contribution in [-0.4, -0.2) is 52.9 Å². The highest BCUT2D eigenvalue weighted by Crippen LogP contribution is 2.44. The minimum absolute atomic E-state index is 0.0128. The quantitative estimate of drug-likeness (QED) is 0.683. The highest BCUT2D eigenvalue weighted by Gasteiger charge is 2.47. The number of carbonyl (C=O) groups is 2. The van der Waals surface area contributed by atoms with Crippen molar-refractivity contribution in [1.82, 2.24) is 14.8 Å². The summed E-state index contributed by atoms with van der Waals surface area (Å²) in [7, 11) is 0. The lowest BCUT2D eigenvalue weighted by molar-refractivity contribution is -0.157. The maximum atomic E-state index is 13.6. The number of rotatable bonds is 1. The molecule has 3 aliphatic heterocycles. The van der Waals surface area contributed by atoms with Gasteiger partial charge in [0, 0.05) is 34.1 Å². The molecule has 0 radical (unpaired) electrons. The number of para-hydroxylation sites is 1. The third kappa shape index (κ3) is 2.24. The summed E-state index contributed by atoms with van der Waals surface area (Å²) in [5.74, 6) is -1.03. The van der Waals surface area contributed by atoms with Gasteiger partial charge in [-0.15, -0.1) is 0 Å². The monoisotopic (exact) mass is 397 g/mol. The lowest BCUT2D eigenvalue weighted by Gasteiger charge is -2.46. The zero-order valence-electron chi connectivity index (χ0n) is 23.0. The number of likely N-dealkylation sites (N-methyl/N-ethyl adjacent to an activating group) is 1. The molecule has 2 amide bonds. The Bertz CT molecular complexity index is 1540. The summed E-state index contributed by atoms with van der Waals surface area (Å²) in [5, 5.41) is 0.0873. The third-order valence-corrected chi connectivity index (χ3v) is 5.51. The molecule has 29 heavy (non-hydrogen) atoms. The van der Waals surface area contributed by atoms with Gasteiger partial charge in [0.1, 0.15) is 6.02 Å². The van der Waals surface area contributed by atoms with E-state index in [1.807, 2.05) is 0 Å². The number of hydrogen-bond acceptors (Lipinski definition) is 4. The molecule has 1 saturated heterocycles. The highest BCUT2D eigenvalue weighted by molar-refractivity contribution is 5.97. The zero-order valence-corrected chi connectivity index (χ0v) is 15.0. The van der Waals surface area contributed by atoms with Gasteiger partial charge in [-0.25, -0.2) is 0 Å². The number of benzene rings is 2. The molecular weight excluding hydrogens is 370 g/mol. The van der Waals surface area contributed by atoms with Crippen molar-refractivity contribution >= 4 is 22.7 Å². The van der Waals surface area contributed by atoms with Gasteiger partial charge >= 0.3 is 0 Å². The summed E-state index contributed by atoms with van der Waals surface area (Å²) < 4.78 is 76.4. The number of aromatic nitrogens is 1. The first-order chi connectivity index (χ1) is 17.3. The molecule has 7 nitrogen and oxygen atoms in total. The van der Waals surface area contributed by atoms with E-state index in [1.165, 1.54) is 0 Å². The lowest BCUT2D eigenvalue weighted by Crippen LogP contribution is -2.62. The zero-order chi connectivity index (χ0) is 26.6. The van der Waals surface area contributed by atoms with Gasteiger partial charge in [-0.1, -0.05) is 24.2 Å². The molecule has 6 rings (SSSR count). The van der Waals surface area contributed by atoms with Crippen LogP contribution in [0.1, 0.15) is 33.8 Å². The summed E-state index contributed by atoms with van der Waals surface area (Å²) in [4.78, 5) is 31.5. The normalized spacial score (nSPS) is 29.7. The van der Waals surface area contributed by atoms with Crippen LogP contribution in [-0.2, 0) is 16.0 Å². The molecule has 7 heteroatoms. The van der Waals surface area contributed by atoms with Crippen LogP contribution < -0.4 is 9.47 Å². The van der Waals surface area contributed by atoms with Crippen LogP contribution in [0.15, 0.2) is 42.4 Å². The Morgan fingerprint density at radius 2 is 2.10 bits per heavy atom. The van der Waals surface area contributed by atoms with Crippen molar-refractivity contribution in [1.29, 1.82) is 0 Å². The Hall–Kier alpha value is -3.48.